The summed E-state index contributed by atoms with van der Waals surface area (Å²) in [7, 11) is 0. The highest BCUT2D eigenvalue weighted by molar-refractivity contribution is 5.74. The lowest BCUT2D eigenvalue weighted by Crippen LogP contribution is -2.30. The average Bonchev–Trinajstić information content (AvgIpc) is 2.15. The number of hydroxylamine groups is 1. The summed E-state index contributed by atoms with van der Waals surface area (Å²) in [6.45, 7) is 3.09. The average molecular weight is 200 g/mol. The summed E-state index contributed by atoms with van der Waals surface area (Å²) in [5, 5.41) is 0. The number of amides is 1. The summed E-state index contributed by atoms with van der Waals surface area (Å²) >= 11 is 0. The molecule has 4 heteroatoms. The molecule has 4 nitrogen and oxygen atoms in total. The fraction of sp³-hybridized carbons (Fsp3) is 0.900. The highest BCUT2D eigenvalue weighted by Crippen LogP contribution is 2.27. The van der Waals surface area contributed by atoms with Gasteiger partial charge in [-0.05, 0) is 24.7 Å². The van der Waals surface area contributed by atoms with Crippen molar-refractivity contribution < 1.29 is 9.63 Å². The Kier molecular flexibility index (Phi) is 4.90. The molecule has 0 saturated heterocycles. The Morgan fingerprint density at radius 2 is 2.07 bits per heavy atom. The number of nitrogens with one attached hydrogen (secondary N) is 1. The molecule has 0 atom stereocenters. The smallest absolute Gasteiger partial charge is 0.245 e. The number of carbonyl (C=O) groups excluding carboxylic acids is 1. The van der Waals surface area contributed by atoms with Gasteiger partial charge in [0, 0.05) is 6.54 Å². The monoisotopic (exact) mass is 200 g/mol. The summed E-state index contributed by atoms with van der Waals surface area (Å²) in [6, 6.07) is 0. The minimum atomic E-state index is -0.435. The van der Waals surface area contributed by atoms with Crippen molar-refractivity contribution >= 4 is 5.91 Å². The Bertz CT molecular complexity index is 177. The highest BCUT2D eigenvalue weighted by Gasteiger charge is 2.17. The molecule has 0 aromatic heterocycles. The van der Waals surface area contributed by atoms with Crippen molar-refractivity contribution in [2.24, 2.45) is 17.6 Å². The highest BCUT2D eigenvalue weighted by atomic mass is 16.6. The van der Waals surface area contributed by atoms with Crippen LogP contribution in [0, 0.1) is 11.8 Å². The van der Waals surface area contributed by atoms with Gasteiger partial charge in [-0.1, -0.05) is 19.8 Å². The van der Waals surface area contributed by atoms with Gasteiger partial charge in [0.25, 0.3) is 0 Å². The molecule has 0 aromatic rings. The predicted octanol–water partition coefficient (Wildman–Crippen LogP) is 0.819. The molecule has 1 saturated carbocycles. The fourth-order valence-corrected chi connectivity index (χ4v) is 1.83. The van der Waals surface area contributed by atoms with Gasteiger partial charge in [0.15, 0.2) is 0 Å². The van der Waals surface area contributed by atoms with Crippen LogP contribution in [-0.2, 0) is 9.63 Å². The zero-order chi connectivity index (χ0) is 10.4. The molecule has 0 aliphatic heterocycles. The third kappa shape index (κ3) is 4.58. The van der Waals surface area contributed by atoms with Gasteiger partial charge < -0.3 is 5.73 Å². The second kappa shape index (κ2) is 5.98. The Labute approximate surface area is 85.1 Å². The topological polar surface area (TPSA) is 64.3 Å². The largest absolute Gasteiger partial charge is 0.368 e. The van der Waals surface area contributed by atoms with Crippen LogP contribution < -0.4 is 11.2 Å². The molecule has 1 aliphatic carbocycles. The zero-order valence-corrected chi connectivity index (χ0v) is 8.79. The molecule has 0 bridgehead atoms. The lowest BCUT2D eigenvalue weighted by molar-refractivity contribution is -0.125. The third-order valence-electron chi connectivity index (χ3n) is 2.82. The summed E-state index contributed by atoms with van der Waals surface area (Å²) in [5.41, 5.74) is 7.73. The van der Waals surface area contributed by atoms with Crippen molar-refractivity contribution in [1.29, 1.82) is 0 Å². The van der Waals surface area contributed by atoms with E-state index in [1.807, 2.05) is 0 Å². The van der Waals surface area contributed by atoms with Crippen LogP contribution in [0.5, 0.6) is 0 Å². The molecule has 1 rings (SSSR count). The Morgan fingerprint density at radius 1 is 1.43 bits per heavy atom. The molecule has 82 valence electrons. The molecule has 0 spiro atoms. The summed E-state index contributed by atoms with van der Waals surface area (Å²) in [6.07, 6.45) is 5.13. The van der Waals surface area contributed by atoms with Crippen molar-refractivity contribution in [3.8, 4) is 0 Å². The van der Waals surface area contributed by atoms with Crippen LogP contribution in [0.25, 0.3) is 0 Å². The van der Waals surface area contributed by atoms with E-state index in [4.69, 9.17) is 10.6 Å². The molecule has 0 unspecified atom stereocenters. The number of hydrogen-bond donors (Lipinski definition) is 2. The minimum absolute atomic E-state index is 0.0386. The third-order valence-corrected chi connectivity index (χ3v) is 2.82. The second-order valence-corrected chi connectivity index (χ2v) is 4.23. The maximum Gasteiger partial charge on any atom is 0.245 e. The van der Waals surface area contributed by atoms with E-state index in [1.54, 1.807) is 0 Å². The zero-order valence-electron chi connectivity index (χ0n) is 8.79. The Morgan fingerprint density at radius 3 is 2.64 bits per heavy atom. The van der Waals surface area contributed by atoms with Crippen LogP contribution in [0.15, 0.2) is 0 Å². The number of primary amides is 1. The lowest BCUT2D eigenvalue weighted by atomic mass is 9.83. The first-order valence-corrected chi connectivity index (χ1v) is 5.31. The summed E-state index contributed by atoms with van der Waals surface area (Å²) in [5.74, 6) is 1.13. The van der Waals surface area contributed by atoms with E-state index >= 15 is 0 Å². The van der Waals surface area contributed by atoms with E-state index in [-0.39, 0.29) is 6.61 Å². The molecule has 3 N–H and O–H groups in total. The molecule has 1 amide bonds. The van der Waals surface area contributed by atoms with Crippen molar-refractivity contribution in [2.75, 3.05) is 13.2 Å². The quantitative estimate of drug-likeness (QED) is 0.510. The van der Waals surface area contributed by atoms with Crippen molar-refractivity contribution in [2.45, 2.75) is 32.6 Å². The minimum Gasteiger partial charge on any atom is -0.368 e. The lowest BCUT2D eigenvalue weighted by Gasteiger charge is -2.25. The number of nitrogens with two attached hydrogens (primary N) is 1. The van der Waals surface area contributed by atoms with Crippen molar-refractivity contribution in [1.82, 2.24) is 5.48 Å². The van der Waals surface area contributed by atoms with Gasteiger partial charge in [0.05, 0.1) is 0 Å². The summed E-state index contributed by atoms with van der Waals surface area (Å²) < 4.78 is 0. The van der Waals surface area contributed by atoms with Crippen molar-refractivity contribution in [3.05, 3.63) is 0 Å². The van der Waals surface area contributed by atoms with Gasteiger partial charge in [-0.2, -0.15) is 0 Å². The Balaban J connectivity index is 1.99. The number of hydrogen-bond acceptors (Lipinski definition) is 3. The van der Waals surface area contributed by atoms with E-state index in [0.29, 0.717) is 5.92 Å². The maximum absolute atomic E-state index is 10.4. The van der Waals surface area contributed by atoms with E-state index in [2.05, 4.69) is 12.4 Å². The molecule has 0 aromatic carbocycles. The molecule has 0 radical (unpaired) electrons. The molecule has 0 heterocycles. The fourth-order valence-electron chi connectivity index (χ4n) is 1.83. The molecule has 1 fully saturated rings. The second-order valence-electron chi connectivity index (χ2n) is 4.23. The number of carbonyl (C=O) groups is 1. The first-order valence-electron chi connectivity index (χ1n) is 5.31. The molecule has 1 aliphatic rings. The van der Waals surface area contributed by atoms with Crippen LogP contribution in [-0.4, -0.2) is 19.1 Å². The van der Waals surface area contributed by atoms with Gasteiger partial charge in [0.1, 0.15) is 6.61 Å². The van der Waals surface area contributed by atoms with E-state index < -0.39 is 5.91 Å². The SMILES string of the molecule is CC1CCC(CNOCC(N)=O)CC1. The van der Waals surface area contributed by atoms with Gasteiger partial charge >= 0.3 is 0 Å². The Hall–Kier alpha value is -0.610. The molecular formula is C10H20N2O2. The van der Waals surface area contributed by atoms with Crippen molar-refractivity contribution in [3.63, 3.8) is 0 Å². The predicted molar refractivity (Wildman–Crippen MR) is 54.3 cm³/mol. The van der Waals surface area contributed by atoms with E-state index in [9.17, 15) is 4.79 Å². The van der Waals surface area contributed by atoms with Gasteiger partial charge in [0.2, 0.25) is 5.91 Å². The van der Waals surface area contributed by atoms with E-state index in [0.717, 1.165) is 12.5 Å². The first-order chi connectivity index (χ1) is 6.68. The molecular weight excluding hydrogens is 180 g/mol. The van der Waals surface area contributed by atoms with Gasteiger partial charge in [-0.25, -0.2) is 5.48 Å². The van der Waals surface area contributed by atoms with Gasteiger partial charge in [-0.15, -0.1) is 0 Å². The number of rotatable bonds is 5. The van der Waals surface area contributed by atoms with E-state index in [1.165, 1.54) is 25.7 Å². The van der Waals surface area contributed by atoms with Gasteiger partial charge in [-0.3, -0.25) is 9.63 Å². The summed E-state index contributed by atoms with van der Waals surface area (Å²) in [4.78, 5) is 15.3. The maximum atomic E-state index is 10.4. The van der Waals surface area contributed by atoms with Crippen LogP contribution in [0.3, 0.4) is 0 Å². The standard InChI is InChI=1S/C10H20N2O2/c1-8-2-4-9(5-3-8)6-12-14-7-10(11)13/h8-9,12H,2-7H2,1H3,(H2,11,13). The normalized spacial score (nSPS) is 27.5. The van der Waals surface area contributed by atoms with Crippen LogP contribution >= 0.6 is 0 Å². The van der Waals surface area contributed by atoms with Crippen LogP contribution in [0.2, 0.25) is 0 Å². The first kappa shape index (κ1) is 11.5. The van der Waals surface area contributed by atoms with Crippen LogP contribution in [0.4, 0.5) is 0 Å². The van der Waals surface area contributed by atoms with Crippen LogP contribution in [0.1, 0.15) is 32.6 Å². The molecule has 14 heavy (non-hydrogen) atoms.